The number of amides is 1. The zero-order valence-electron chi connectivity index (χ0n) is 11.4. The number of anilines is 1. The molecule has 1 amide bonds. The van der Waals surface area contributed by atoms with E-state index in [4.69, 9.17) is 16.7 Å². The molecule has 1 aromatic heterocycles. The lowest BCUT2D eigenvalue weighted by Gasteiger charge is -2.11. The molecule has 0 atom stereocenters. The Morgan fingerprint density at radius 1 is 1.24 bits per heavy atom. The third-order valence-electron chi connectivity index (χ3n) is 2.65. The number of hydrazine groups is 1. The summed E-state index contributed by atoms with van der Waals surface area (Å²) < 4.78 is 17.7. The summed E-state index contributed by atoms with van der Waals surface area (Å²) in [4.78, 5) is 11.9. The molecule has 0 saturated carbocycles. The van der Waals surface area contributed by atoms with Gasteiger partial charge in [0, 0.05) is 5.69 Å². The molecule has 0 unspecified atom stereocenters. The molecule has 0 aliphatic carbocycles. The van der Waals surface area contributed by atoms with Crippen LogP contribution in [-0.2, 0) is 0 Å². The second-order valence-electron chi connectivity index (χ2n) is 4.24. The number of carbonyl (C=O) groups excluding carboxylic acids is 1. The Morgan fingerprint density at radius 2 is 1.90 bits per heavy atom. The Hall–Kier alpha value is -2.48. The lowest BCUT2D eigenvalue weighted by atomic mass is 10.2. The number of benzene rings is 1. The minimum absolute atomic E-state index is 0.168. The smallest absolute Gasteiger partial charge is 0.275 e. The van der Waals surface area contributed by atoms with Crippen LogP contribution in [-0.4, -0.2) is 16.2 Å². The first-order chi connectivity index (χ1) is 9.97. The van der Waals surface area contributed by atoms with Crippen molar-refractivity contribution in [2.24, 2.45) is 0 Å². The van der Waals surface area contributed by atoms with Crippen molar-refractivity contribution in [3.63, 3.8) is 0 Å². The second kappa shape index (κ2) is 6.31. The zero-order chi connectivity index (χ0) is 15.4. The fraction of sp³-hybridized carbons (Fsp3) is 0.154. The highest BCUT2D eigenvalue weighted by Gasteiger charge is 2.17. The van der Waals surface area contributed by atoms with Gasteiger partial charge in [-0.1, -0.05) is 5.16 Å². The quantitative estimate of drug-likeness (QED) is 0.582. The fourth-order valence-electron chi connectivity index (χ4n) is 1.68. The summed E-state index contributed by atoms with van der Waals surface area (Å²) >= 11 is 5.01. The van der Waals surface area contributed by atoms with E-state index in [1.54, 1.807) is 13.8 Å². The standard InChI is InChI=1S/C13H13FN4O2S/c1-7-11(8(2)20-18-7)12(19)16-17-13(21)15-10-5-3-9(14)4-6-10/h3-6H,1-2H3,(H,16,19)(H2,15,17,21). The van der Waals surface area contributed by atoms with Crippen molar-refractivity contribution in [1.82, 2.24) is 16.0 Å². The molecule has 0 saturated heterocycles. The van der Waals surface area contributed by atoms with Crippen molar-refractivity contribution in [2.75, 3.05) is 5.32 Å². The van der Waals surface area contributed by atoms with Crippen LogP contribution in [0.4, 0.5) is 10.1 Å². The molecule has 2 aromatic rings. The Labute approximate surface area is 125 Å². The first-order valence-corrected chi connectivity index (χ1v) is 6.44. The first-order valence-electron chi connectivity index (χ1n) is 6.03. The van der Waals surface area contributed by atoms with Gasteiger partial charge in [0.25, 0.3) is 5.91 Å². The Morgan fingerprint density at radius 3 is 2.48 bits per heavy atom. The van der Waals surface area contributed by atoms with Crippen LogP contribution in [0.25, 0.3) is 0 Å². The summed E-state index contributed by atoms with van der Waals surface area (Å²) in [6.07, 6.45) is 0. The van der Waals surface area contributed by atoms with Crippen molar-refractivity contribution in [3.8, 4) is 0 Å². The summed E-state index contributed by atoms with van der Waals surface area (Å²) in [5.74, 6) is -0.329. The van der Waals surface area contributed by atoms with Gasteiger partial charge in [-0.3, -0.25) is 15.6 Å². The third-order valence-corrected chi connectivity index (χ3v) is 2.86. The highest BCUT2D eigenvalue weighted by atomic mass is 32.1. The average Bonchev–Trinajstić information content (AvgIpc) is 2.78. The molecule has 1 heterocycles. The van der Waals surface area contributed by atoms with Crippen molar-refractivity contribution in [2.45, 2.75) is 13.8 Å². The van der Waals surface area contributed by atoms with Gasteiger partial charge in [0.05, 0.1) is 5.69 Å². The molecule has 0 bridgehead atoms. The van der Waals surface area contributed by atoms with E-state index in [1.165, 1.54) is 24.3 Å². The van der Waals surface area contributed by atoms with Crippen LogP contribution in [0.15, 0.2) is 28.8 Å². The van der Waals surface area contributed by atoms with Gasteiger partial charge in [0.1, 0.15) is 17.1 Å². The van der Waals surface area contributed by atoms with E-state index in [9.17, 15) is 9.18 Å². The van der Waals surface area contributed by atoms with E-state index in [-0.39, 0.29) is 10.9 Å². The molecular formula is C13H13FN4O2S. The topological polar surface area (TPSA) is 79.2 Å². The van der Waals surface area contributed by atoms with Crippen LogP contribution in [0.5, 0.6) is 0 Å². The number of thiocarbonyl (C=S) groups is 1. The van der Waals surface area contributed by atoms with Crippen LogP contribution in [0.1, 0.15) is 21.8 Å². The number of aromatic nitrogens is 1. The lowest BCUT2D eigenvalue weighted by molar-refractivity contribution is 0.0942. The van der Waals surface area contributed by atoms with Crippen LogP contribution in [0.3, 0.4) is 0 Å². The highest BCUT2D eigenvalue weighted by Crippen LogP contribution is 2.11. The summed E-state index contributed by atoms with van der Waals surface area (Å²) in [5.41, 5.74) is 6.42. The number of hydrogen-bond acceptors (Lipinski definition) is 4. The number of hydrogen-bond donors (Lipinski definition) is 3. The zero-order valence-corrected chi connectivity index (χ0v) is 12.2. The van der Waals surface area contributed by atoms with Gasteiger partial charge < -0.3 is 9.84 Å². The fourth-order valence-corrected chi connectivity index (χ4v) is 1.85. The maximum absolute atomic E-state index is 12.8. The molecule has 6 nitrogen and oxygen atoms in total. The van der Waals surface area contributed by atoms with Gasteiger partial charge in [0.15, 0.2) is 5.11 Å². The highest BCUT2D eigenvalue weighted by molar-refractivity contribution is 7.80. The second-order valence-corrected chi connectivity index (χ2v) is 4.65. The molecule has 1 aromatic carbocycles. The van der Waals surface area contributed by atoms with Gasteiger partial charge in [-0.2, -0.15) is 0 Å². The number of halogens is 1. The monoisotopic (exact) mass is 308 g/mol. The van der Waals surface area contributed by atoms with Crippen molar-refractivity contribution >= 4 is 28.9 Å². The lowest BCUT2D eigenvalue weighted by Crippen LogP contribution is -2.44. The summed E-state index contributed by atoms with van der Waals surface area (Å²) in [6, 6.07) is 5.65. The largest absolute Gasteiger partial charge is 0.361 e. The van der Waals surface area contributed by atoms with Crippen molar-refractivity contribution in [1.29, 1.82) is 0 Å². The summed E-state index contributed by atoms with van der Waals surface area (Å²) in [5, 5.41) is 6.66. The Balaban J connectivity index is 1.89. The van der Waals surface area contributed by atoms with Gasteiger partial charge >= 0.3 is 0 Å². The van der Waals surface area contributed by atoms with E-state index in [1.807, 2.05) is 0 Å². The number of rotatable bonds is 2. The normalized spacial score (nSPS) is 10.0. The molecular weight excluding hydrogens is 295 g/mol. The first kappa shape index (κ1) is 14.9. The van der Waals surface area contributed by atoms with Gasteiger partial charge in [-0.15, -0.1) is 0 Å². The summed E-state index contributed by atoms with van der Waals surface area (Å²) in [6.45, 7) is 3.31. The van der Waals surface area contributed by atoms with Crippen molar-refractivity contribution < 1.29 is 13.7 Å². The Kier molecular flexibility index (Phi) is 4.49. The molecule has 0 fully saturated rings. The van der Waals surface area contributed by atoms with E-state index in [0.29, 0.717) is 22.7 Å². The molecule has 0 spiro atoms. The van der Waals surface area contributed by atoms with Gasteiger partial charge in [0.2, 0.25) is 0 Å². The summed E-state index contributed by atoms with van der Waals surface area (Å²) in [7, 11) is 0. The molecule has 8 heteroatoms. The molecule has 2 rings (SSSR count). The van der Waals surface area contributed by atoms with Crippen molar-refractivity contribution in [3.05, 3.63) is 47.1 Å². The predicted octanol–water partition coefficient (Wildman–Crippen LogP) is 2.06. The van der Waals surface area contributed by atoms with Crippen LogP contribution >= 0.6 is 12.2 Å². The number of nitrogens with one attached hydrogen (secondary N) is 3. The van der Waals surface area contributed by atoms with Crippen LogP contribution in [0, 0.1) is 19.7 Å². The number of carbonyl (C=O) groups is 1. The molecule has 0 aliphatic rings. The van der Waals surface area contributed by atoms with Crippen LogP contribution < -0.4 is 16.2 Å². The number of nitrogens with zero attached hydrogens (tertiary/aromatic N) is 1. The molecule has 110 valence electrons. The predicted molar refractivity (Wildman–Crippen MR) is 79.2 cm³/mol. The Bertz CT molecular complexity index is 650. The molecule has 0 radical (unpaired) electrons. The maximum Gasteiger partial charge on any atom is 0.275 e. The molecule has 0 aliphatic heterocycles. The molecule has 3 N–H and O–H groups in total. The van der Waals surface area contributed by atoms with E-state index < -0.39 is 5.91 Å². The maximum atomic E-state index is 12.8. The van der Waals surface area contributed by atoms with E-state index >= 15 is 0 Å². The average molecular weight is 308 g/mol. The number of aryl methyl sites for hydroxylation is 2. The minimum atomic E-state index is -0.408. The third kappa shape index (κ3) is 3.76. The van der Waals surface area contributed by atoms with E-state index in [2.05, 4.69) is 21.3 Å². The van der Waals surface area contributed by atoms with Crippen LogP contribution in [0.2, 0.25) is 0 Å². The van der Waals surface area contributed by atoms with Gasteiger partial charge in [-0.25, -0.2) is 4.39 Å². The SMILES string of the molecule is Cc1noc(C)c1C(=O)NNC(=S)Nc1ccc(F)cc1. The molecule has 21 heavy (non-hydrogen) atoms. The van der Waals surface area contributed by atoms with Gasteiger partial charge in [-0.05, 0) is 50.3 Å². The minimum Gasteiger partial charge on any atom is -0.361 e. The van der Waals surface area contributed by atoms with E-state index in [0.717, 1.165) is 0 Å².